The predicted molar refractivity (Wildman–Crippen MR) is 64.0 cm³/mol. The highest BCUT2D eigenvalue weighted by Gasteiger charge is 2.12. The molecule has 1 rings (SSSR count). The number of methoxy groups -OCH3 is 1. The van der Waals surface area contributed by atoms with E-state index >= 15 is 0 Å². The summed E-state index contributed by atoms with van der Waals surface area (Å²) in [5.41, 5.74) is 2.48. The highest BCUT2D eigenvalue weighted by molar-refractivity contribution is 9.10. The second-order valence-electron chi connectivity index (χ2n) is 3.28. The zero-order valence-electron chi connectivity index (χ0n) is 9.21. The van der Waals surface area contributed by atoms with E-state index in [1.54, 1.807) is 12.1 Å². The van der Waals surface area contributed by atoms with Gasteiger partial charge in [0.05, 0.1) is 19.1 Å². The molecule has 16 heavy (non-hydrogen) atoms. The Morgan fingerprint density at radius 2 is 2.25 bits per heavy atom. The van der Waals surface area contributed by atoms with Crippen molar-refractivity contribution in [2.45, 2.75) is 19.8 Å². The standard InChI is InChI=1S/C12H12BrNO2/c1-3-10-8(6-11(15)16-2)4-5-9(7-14)12(10)13/h4-5H,3,6H2,1-2H3. The fourth-order valence-electron chi connectivity index (χ4n) is 1.52. The molecule has 0 bridgehead atoms. The number of nitriles is 1. The molecule has 0 heterocycles. The lowest BCUT2D eigenvalue weighted by atomic mass is 10.00. The van der Waals surface area contributed by atoms with Gasteiger partial charge >= 0.3 is 5.97 Å². The maximum atomic E-state index is 11.2. The monoisotopic (exact) mass is 281 g/mol. The normalized spacial score (nSPS) is 9.62. The molecular formula is C12H12BrNO2. The number of carbonyl (C=O) groups excluding carboxylic acids is 1. The van der Waals surface area contributed by atoms with Crippen LogP contribution in [0.25, 0.3) is 0 Å². The van der Waals surface area contributed by atoms with Crippen molar-refractivity contribution >= 4 is 21.9 Å². The number of halogens is 1. The van der Waals surface area contributed by atoms with E-state index in [-0.39, 0.29) is 12.4 Å². The molecule has 4 heteroatoms. The van der Waals surface area contributed by atoms with Crippen molar-refractivity contribution in [2.24, 2.45) is 0 Å². The smallest absolute Gasteiger partial charge is 0.309 e. The van der Waals surface area contributed by atoms with Crippen LogP contribution in [-0.4, -0.2) is 13.1 Å². The first kappa shape index (κ1) is 12.7. The maximum absolute atomic E-state index is 11.2. The van der Waals surface area contributed by atoms with Gasteiger partial charge in [0.1, 0.15) is 6.07 Å². The Hall–Kier alpha value is -1.34. The summed E-state index contributed by atoms with van der Waals surface area (Å²) >= 11 is 3.39. The topological polar surface area (TPSA) is 50.1 Å². The molecule has 1 aromatic carbocycles. The lowest BCUT2D eigenvalue weighted by Gasteiger charge is -2.10. The van der Waals surface area contributed by atoms with Gasteiger partial charge in [-0.25, -0.2) is 0 Å². The van der Waals surface area contributed by atoms with Crippen LogP contribution < -0.4 is 0 Å². The number of nitrogens with zero attached hydrogens (tertiary/aromatic N) is 1. The van der Waals surface area contributed by atoms with Gasteiger partial charge in [-0.2, -0.15) is 5.26 Å². The summed E-state index contributed by atoms with van der Waals surface area (Å²) in [5.74, 6) is -0.272. The van der Waals surface area contributed by atoms with E-state index in [2.05, 4.69) is 26.7 Å². The van der Waals surface area contributed by atoms with Crippen LogP contribution in [-0.2, 0) is 22.4 Å². The van der Waals surface area contributed by atoms with Crippen LogP contribution in [0.2, 0.25) is 0 Å². The van der Waals surface area contributed by atoms with Crippen LogP contribution in [0.15, 0.2) is 16.6 Å². The summed E-state index contributed by atoms with van der Waals surface area (Å²) in [4.78, 5) is 11.2. The quantitative estimate of drug-likeness (QED) is 0.801. The van der Waals surface area contributed by atoms with Crippen LogP contribution in [0, 0.1) is 11.3 Å². The summed E-state index contributed by atoms with van der Waals surface area (Å²) in [6, 6.07) is 5.62. The predicted octanol–water partition coefficient (Wildman–Crippen LogP) is 2.60. The van der Waals surface area contributed by atoms with Crippen molar-refractivity contribution in [1.29, 1.82) is 5.26 Å². The summed E-state index contributed by atoms with van der Waals surface area (Å²) in [6.45, 7) is 1.99. The Kier molecular flexibility index (Phi) is 4.51. The number of hydrogen-bond donors (Lipinski definition) is 0. The van der Waals surface area contributed by atoms with Gasteiger partial charge in [-0.3, -0.25) is 4.79 Å². The third-order valence-corrected chi connectivity index (χ3v) is 3.28. The molecule has 1 aromatic rings. The summed E-state index contributed by atoms with van der Waals surface area (Å²) in [7, 11) is 1.37. The molecule has 0 radical (unpaired) electrons. The average molecular weight is 282 g/mol. The minimum Gasteiger partial charge on any atom is -0.469 e. The number of hydrogen-bond acceptors (Lipinski definition) is 3. The molecule has 0 saturated carbocycles. The zero-order valence-corrected chi connectivity index (χ0v) is 10.8. The molecule has 0 amide bonds. The molecule has 0 aromatic heterocycles. The SMILES string of the molecule is CCc1c(CC(=O)OC)ccc(C#N)c1Br. The van der Waals surface area contributed by atoms with Crippen LogP contribution in [0.5, 0.6) is 0 Å². The fraction of sp³-hybridized carbons (Fsp3) is 0.333. The van der Waals surface area contributed by atoms with E-state index in [0.29, 0.717) is 5.56 Å². The van der Waals surface area contributed by atoms with Gasteiger partial charge in [0.25, 0.3) is 0 Å². The van der Waals surface area contributed by atoms with Crippen LogP contribution in [0.4, 0.5) is 0 Å². The first-order valence-electron chi connectivity index (χ1n) is 4.91. The Morgan fingerprint density at radius 1 is 1.56 bits per heavy atom. The van der Waals surface area contributed by atoms with E-state index in [9.17, 15) is 4.79 Å². The van der Waals surface area contributed by atoms with Gasteiger partial charge in [-0.1, -0.05) is 13.0 Å². The molecule has 0 N–H and O–H groups in total. The summed E-state index contributed by atoms with van der Waals surface area (Å²) < 4.78 is 5.41. The third kappa shape index (κ3) is 2.61. The molecule has 0 atom stereocenters. The first-order valence-corrected chi connectivity index (χ1v) is 5.70. The van der Waals surface area contributed by atoms with E-state index in [4.69, 9.17) is 5.26 Å². The first-order chi connectivity index (χ1) is 7.63. The number of esters is 1. The van der Waals surface area contributed by atoms with Gasteiger partial charge in [0.15, 0.2) is 0 Å². The number of rotatable bonds is 3. The van der Waals surface area contributed by atoms with Crippen molar-refractivity contribution < 1.29 is 9.53 Å². The fourth-order valence-corrected chi connectivity index (χ4v) is 2.28. The number of ether oxygens (including phenoxy) is 1. The second-order valence-corrected chi connectivity index (χ2v) is 4.08. The largest absolute Gasteiger partial charge is 0.469 e. The highest BCUT2D eigenvalue weighted by atomic mass is 79.9. The van der Waals surface area contributed by atoms with E-state index in [0.717, 1.165) is 22.0 Å². The highest BCUT2D eigenvalue weighted by Crippen LogP contribution is 2.26. The zero-order chi connectivity index (χ0) is 12.1. The summed E-state index contributed by atoms with van der Waals surface area (Å²) in [6.07, 6.45) is 1.01. The molecule has 0 aliphatic rings. The molecule has 3 nitrogen and oxygen atoms in total. The van der Waals surface area contributed by atoms with Crippen molar-refractivity contribution in [2.75, 3.05) is 7.11 Å². The molecule has 84 valence electrons. The maximum Gasteiger partial charge on any atom is 0.309 e. The van der Waals surface area contributed by atoms with Gasteiger partial charge in [-0.05, 0) is 39.5 Å². The Labute approximate surface area is 103 Å². The van der Waals surface area contributed by atoms with Crippen molar-refractivity contribution in [3.05, 3.63) is 33.3 Å². The van der Waals surface area contributed by atoms with Crippen molar-refractivity contribution in [3.63, 3.8) is 0 Å². The van der Waals surface area contributed by atoms with E-state index < -0.39 is 0 Å². The molecule has 0 unspecified atom stereocenters. The van der Waals surface area contributed by atoms with Gasteiger partial charge in [0.2, 0.25) is 0 Å². The van der Waals surface area contributed by atoms with E-state index in [1.165, 1.54) is 7.11 Å². The number of carbonyl (C=O) groups is 1. The van der Waals surface area contributed by atoms with Crippen LogP contribution in [0.3, 0.4) is 0 Å². The Balaban J connectivity index is 3.17. The lowest BCUT2D eigenvalue weighted by Crippen LogP contribution is -2.07. The summed E-state index contributed by atoms with van der Waals surface area (Å²) in [5, 5.41) is 8.89. The Morgan fingerprint density at radius 3 is 2.75 bits per heavy atom. The van der Waals surface area contributed by atoms with Crippen LogP contribution in [0.1, 0.15) is 23.6 Å². The number of benzene rings is 1. The second kappa shape index (κ2) is 5.66. The van der Waals surface area contributed by atoms with Crippen molar-refractivity contribution in [3.8, 4) is 6.07 Å². The van der Waals surface area contributed by atoms with Crippen LogP contribution >= 0.6 is 15.9 Å². The lowest BCUT2D eigenvalue weighted by molar-refractivity contribution is -0.139. The Bertz CT molecular complexity index is 449. The van der Waals surface area contributed by atoms with Gasteiger partial charge in [0, 0.05) is 4.47 Å². The molecule has 0 aliphatic heterocycles. The molecule has 0 saturated heterocycles. The molecule has 0 spiro atoms. The minimum atomic E-state index is -0.272. The average Bonchev–Trinajstić information content (AvgIpc) is 2.29. The van der Waals surface area contributed by atoms with E-state index in [1.807, 2.05) is 6.92 Å². The minimum absolute atomic E-state index is 0.240. The molecule has 0 fully saturated rings. The van der Waals surface area contributed by atoms with Gasteiger partial charge < -0.3 is 4.74 Å². The third-order valence-electron chi connectivity index (χ3n) is 2.38. The molecular weight excluding hydrogens is 270 g/mol. The van der Waals surface area contributed by atoms with Crippen molar-refractivity contribution in [1.82, 2.24) is 0 Å². The van der Waals surface area contributed by atoms with Gasteiger partial charge in [-0.15, -0.1) is 0 Å². The molecule has 0 aliphatic carbocycles.